The van der Waals surface area contributed by atoms with E-state index in [2.05, 4.69) is 22.2 Å². The largest absolute Gasteiger partial charge is 0.409 e. The van der Waals surface area contributed by atoms with Gasteiger partial charge in [0.2, 0.25) is 0 Å². The molecule has 17 heavy (non-hydrogen) atoms. The van der Waals surface area contributed by atoms with Crippen LogP contribution in [0.4, 0.5) is 0 Å². The van der Waals surface area contributed by atoms with Crippen LogP contribution in [-0.4, -0.2) is 46.6 Å². The van der Waals surface area contributed by atoms with E-state index in [9.17, 15) is 0 Å². The average molecular weight is 277 g/mol. The van der Waals surface area contributed by atoms with Crippen LogP contribution in [0.2, 0.25) is 0 Å². The highest BCUT2D eigenvalue weighted by atomic mass is 32.2. The predicted octanol–water partition coefficient (Wildman–Crippen LogP) is 1.59. The molecular weight excluding hydrogens is 254 g/mol. The molecule has 0 spiro atoms. The summed E-state index contributed by atoms with van der Waals surface area (Å²) in [6.07, 6.45) is 0.882. The second-order valence-electron chi connectivity index (χ2n) is 4.89. The van der Waals surface area contributed by atoms with Crippen LogP contribution in [0.3, 0.4) is 0 Å². The standard InChI is InChI=1S/C11H23N3OS2/c1-11(2,10(12)14-15)3-4-13-7-9-8-16-5-6-17-9/h9,13,15H,3-8H2,1-2H3,(H2,12,14). The zero-order valence-corrected chi connectivity index (χ0v) is 12.2. The lowest BCUT2D eigenvalue weighted by atomic mass is 9.88. The van der Waals surface area contributed by atoms with E-state index in [0.29, 0.717) is 5.84 Å². The van der Waals surface area contributed by atoms with Gasteiger partial charge in [0.05, 0.1) is 0 Å². The summed E-state index contributed by atoms with van der Waals surface area (Å²) in [4.78, 5) is 0. The number of nitrogens with two attached hydrogens (primary N) is 1. The molecule has 0 saturated carbocycles. The average Bonchev–Trinajstić information content (AvgIpc) is 2.35. The molecule has 1 rings (SSSR count). The maximum atomic E-state index is 8.67. The lowest BCUT2D eigenvalue weighted by molar-refractivity contribution is 0.305. The Morgan fingerprint density at radius 1 is 1.53 bits per heavy atom. The first kappa shape index (κ1) is 15.0. The molecule has 1 aliphatic heterocycles. The topological polar surface area (TPSA) is 70.6 Å². The van der Waals surface area contributed by atoms with Crippen molar-refractivity contribution >= 4 is 29.4 Å². The van der Waals surface area contributed by atoms with Crippen molar-refractivity contribution < 1.29 is 5.21 Å². The normalized spacial score (nSPS) is 22.7. The summed E-state index contributed by atoms with van der Waals surface area (Å²) in [6, 6.07) is 0. The molecule has 1 fully saturated rings. The monoisotopic (exact) mass is 277 g/mol. The molecule has 1 aliphatic rings. The molecule has 0 bridgehead atoms. The Morgan fingerprint density at radius 3 is 2.88 bits per heavy atom. The van der Waals surface area contributed by atoms with Crippen LogP contribution in [0.5, 0.6) is 0 Å². The first-order valence-electron chi connectivity index (χ1n) is 5.94. The van der Waals surface area contributed by atoms with Gasteiger partial charge < -0.3 is 16.3 Å². The molecule has 0 radical (unpaired) electrons. The SMILES string of the molecule is CC(C)(CCNCC1CSCCS1)C(N)=NO. The van der Waals surface area contributed by atoms with Gasteiger partial charge in [-0.05, 0) is 13.0 Å². The Hall–Kier alpha value is -0.0700. The summed E-state index contributed by atoms with van der Waals surface area (Å²) >= 11 is 4.10. The third kappa shape index (κ3) is 5.40. The third-order valence-electron chi connectivity index (χ3n) is 2.98. The molecule has 100 valence electrons. The van der Waals surface area contributed by atoms with Gasteiger partial charge in [0.25, 0.3) is 0 Å². The summed E-state index contributed by atoms with van der Waals surface area (Å²) in [5.41, 5.74) is 5.40. The van der Waals surface area contributed by atoms with Crippen molar-refractivity contribution in [2.45, 2.75) is 25.5 Å². The van der Waals surface area contributed by atoms with Gasteiger partial charge in [0, 0.05) is 34.5 Å². The van der Waals surface area contributed by atoms with Crippen LogP contribution in [0.25, 0.3) is 0 Å². The summed E-state index contributed by atoms with van der Waals surface area (Å²) in [5.74, 6) is 4.12. The zero-order chi connectivity index (χ0) is 12.7. The van der Waals surface area contributed by atoms with Gasteiger partial charge in [-0.1, -0.05) is 19.0 Å². The Balaban J connectivity index is 2.14. The van der Waals surface area contributed by atoms with Gasteiger partial charge in [-0.2, -0.15) is 23.5 Å². The van der Waals surface area contributed by atoms with E-state index >= 15 is 0 Å². The fourth-order valence-electron chi connectivity index (χ4n) is 1.58. The molecule has 1 unspecified atom stereocenters. The van der Waals surface area contributed by atoms with Crippen LogP contribution in [0.15, 0.2) is 5.16 Å². The van der Waals surface area contributed by atoms with E-state index in [-0.39, 0.29) is 5.41 Å². The number of nitrogens with zero attached hydrogens (tertiary/aromatic N) is 1. The summed E-state index contributed by atoms with van der Waals surface area (Å²) in [7, 11) is 0. The summed E-state index contributed by atoms with van der Waals surface area (Å²) in [5, 5.41) is 16.0. The zero-order valence-electron chi connectivity index (χ0n) is 10.6. The fourth-order valence-corrected chi connectivity index (χ4v) is 4.23. The van der Waals surface area contributed by atoms with Crippen LogP contribution >= 0.6 is 23.5 Å². The van der Waals surface area contributed by atoms with Crippen molar-refractivity contribution in [1.29, 1.82) is 0 Å². The Labute approximate surface area is 112 Å². The number of rotatable bonds is 6. The van der Waals surface area contributed by atoms with E-state index in [1.165, 1.54) is 17.3 Å². The number of thioether (sulfide) groups is 2. The van der Waals surface area contributed by atoms with Gasteiger partial charge in [-0.15, -0.1) is 0 Å². The molecular formula is C11H23N3OS2. The van der Waals surface area contributed by atoms with E-state index in [4.69, 9.17) is 10.9 Å². The first-order chi connectivity index (χ1) is 8.06. The molecule has 1 heterocycles. The first-order valence-corrected chi connectivity index (χ1v) is 8.14. The summed E-state index contributed by atoms with van der Waals surface area (Å²) in [6.45, 7) is 5.96. The van der Waals surface area contributed by atoms with E-state index < -0.39 is 0 Å². The number of amidine groups is 1. The van der Waals surface area contributed by atoms with E-state index in [1.54, 1.807) is 0 Å². The number of hydrogen-bond donors (Lipinski definition) is 3. The molecule has 0 aromatic rings. The quantitative estimate of drug-likeness (QED) is 0.226. The van der Waals surface area contributed by atoms with E-state index in [1.807, 2.05) is 25.6 Å². The molecule has 0 aliphatic carbocycles. The Kier molecular flexibility index (Phi) is 6.51. The molecule has 0 aromatic heterocycles. The van der Waals surface area contributed by atoms with Gasteiger partial charge in [0.1, 0.15) is 5.84 Å². The minimum absolute atomic E-state index is 0.240. The second kappa shape index (κ2) is 7.38. The minimum atomic E-state index is -0.240. The maximum absolute atomic E-state index is 8.67. The van der Waals surface area contributed by atoms with Gasteiger partial charge in [0.15, 0.2) is 0 Å². The van der Waals surface area contributed by atoms with Crippen molar-refractivity contribution in [3.05, 3.63) is 0 Å². The van der Waals surface area contributed by atoms with Crippen molar-refractivity contribution in [3.8, 4) is 0 Å². The van der Waals surface area contributed by atoms with Crippen LogP contribution in [-0.2, 0) is 0 Å². The van der Waals surface area contributed by atoms with Crippen LogP contribution in [0.1, 0.15) is 20.3 Å². The minimum Gasteiger partial charge on any atom is -0.409 e. The van der Waals surface area contributed by atoms with Crippen molar-refractivity contribution in [2.24, 2.45) is 16.3 Å². The van der Waals surface area contributed by atoms with Crippen LogP contribution in [0, 0.1) is 5.41 Å². The van der Waals surface area contributed by atoms with Crippen molar-refractivity contribution in [2.75, 3.05) is 30.3 Å². The van der Waals surface area contributed by atoms with E-state index in [0.717, 1.165) is 24.8 Å². The molecule has 1 atom stereocenters. The lowest BCUT2D eigenvalue weighted by Crippen LogP contribution is -2.36. The second-order valence-corrected chi connectivity index (χ2v) is 7.45. The fraction of sp³-hybridized carbons (Fsp3) is 0.909. The Bertz CT molecular complexity index is 253. The highest BCUT2D eigenvalue weighted by Gasteiger charge is 2.23. The lowest BCUT2D eigenvalue weighted by Gasteiger charge is -2.25. The van der Waals surface area contributed by atoms with Gasteiger partial charge in [-0.25, -0.2) is 0 Å². The maximum Gasteiger partial charge on any atom is 0.144 e. The molecule has 4 nitrogen and oxygen atoms in total. The molecule has 0 aromatic carbocycles. The predicted molar refractivity (Wildman–Crippen MR) is 78.2 cm³/mol. The smallest absolute Gasteiger partial charge is 0.144 e. The van der Waals surface area contributed by atoms with Crippen molar-refractivity contribution in [3.63, 3.8) is 0 Å². The Morgan fingerprint density at radius 2 is 2.29 bits per heavy atom. The number of nitrogens with one attached hydrogen (secondary N) is 1. The van der Waals surface area contributed by atoms with Gasteiger partial charge >= 0.3 is 0 Å². The highest BCUT2D eigenvalue weighted by Crippen LogP contribution is 2.23. The number of oxime groups is 1. The molecule has 6 heteroatoms. The highest BCUT2D eigenvalue weighted by molar-refractivity contribution is 8.06. The van der Waals surface area contributed by atoms with Crippen LogP contribution < -0.4 is 11.1 Å². The number of hydrogen-bond acceptors (Lipinski definition) is 5. The molecule has 4 N–H and O–H groups in total. The third-order valence-corrected chi connectivity index (χ3v) is 5.83. The van der Waals surface area contributed by atoms with Gasteiger partial charge in [-0.3, -0.25) is 0 Å². The van der Waals surface area contributed by atoms with Crippen molar-refractivity contribution in [1.82, 2.24) is 5.32 Å². The molecule has 0 amide bonds. The molecule has 1 saturated heterocycles. The summed E-state index contributed by atoms with van der Waals surface area (Å²) < 4.78 is 0.